The maximum Gasteiger partial charge on any atom is 0.318 e. The fourth-order valence-electron chi connectivity index (χ4n) is 7.26. The number of ether oxygens (including phenoxy) is 2. The lowest BCUT2D eigenvalue weighted by Crippen LogP contribution is -2.35. The van der Waals surface area contributed by atoms with Gasteiger partial charge in [0.1, 0.15) is 17.6 Å². The summed E-state index contributed by atoms with van der Waals surface area (Å²) >= 11 is 0. The minimum absolute atomic E-state index is 0.452. The van der Waals surface area contributed by atoms with E-state index >= 15 is 0 Å². The van der Waals surface area contributed by atoms with Crippen LogP contribution in [0.1, 0.15) is 95.9 Å². The van der Waals surface area contributed by atoms with Crippen LogP contribution in [0.2, 0.25) is 0 Å². The number of hydrogen-bond donors (Lipinski definition) is 2. The maximum atomic E-state index is 13.4. The fraction of sp³-hybridized carbons (Fsp3) is 0.366. The minimum Gasteiger partial charge on any atom is -0.454 e. The second kappa shape index (κ2) is 12.9. The average molecular weight is 631 g/mol. The Hall–Kier alpha value is -4.58. The summed E-state index contributed by atoms with van der Waals surface area (Å²) in [7, 11) is 0. The predicted octanol–water partition coefficient (Wildman–Crippen LogP) is 10.3. The third-order valence-corrected chi connectivity index (χ3v) is 10.4. The molecular weight excluding hydrogens is 584 g/mol. The van der Waals surface area contributed by atoms with Crippen LogP contribution in [0.4, 0.5) is 0 Å². The molecule has 0 aliphatic rings. The molecule has 244 valence electrons. The first-order valence-corrected chi connectivity index (χ1v) is 17.2. The summed E-state index contributed by atoms with van der Waals surface area (Å²) < 4.78 is 12.4. The van der Waals surface area contributed by atoms with Crippen molar-refractivity contribution in [1.29, 1.82) is 0 Å². The molecule has 0 amide bonds. The van der Waals surface area contributed by atoms with E-state index in [1.807, 2.05) is 27.7 Å². The number of H-pyrrole nitrogens is 2. The number of hydrogen-bond acceptors (Lipinski definition) is 4. The Morgan fingerprint density at radius 1 is 0.511 bits per heavy atom. The summed E-state index contributed by atoms with van der Waals surface area (Å²) in [5.74, 6) is -1.16. The summed E-state index contributed by atoms with van der Waals surface area (Å²) in [6, 6.07) is 25.5. The van der Waals surface area contributed by atoms with Gasteiger partial charge in [0.15, 0.2) is 0 Å². The smallest absolute Gasteiger partial charge is 0.318 e. The number of esters is 2. The van der Waals surface area contributed by atoms with Gasteiger partial charge in [-0.15, -0.1) is 0 Å². The van der Waals surface area contributed by atoms with Crippen LogP contribution in [-0.4, -0.2) is 21.9 Å². The number of carbonyl (C=O) groups is 2. The molecule has 0 aliphatic heterocycles. The second-order valence-electron chi connectivity index (χ2n) is 12.8. The number of rotatable bonds is 12. The Morgan fingerprint density at radius 3 is 1.28 bits per heavy atom. The molecule has 47 heavy (non-hydrogen) atoms. The van der Waals surface area contributed by atoms with E-state index in [-0.39, 0.29) is 0 Å². The van der Waals surface area contributed by atoms with Gasteiger partial charge < -0.3 is 19.4 Å². The third-order valence-electron chi connectivity index (χ3n) is 10.4. The molecule has 0 unspecified atom stereocenters. The lowest BCUT2D eigenvalue weighted by atomic mass is 9.87. The highest BCUT2D eigenvalue weighted by Gasteiger charge is 2.37. The van der Waals surface area contributed by atoms with Gasteiger partial charge in [0, 0.05) is 43.6 Å². The molecule has 0 fully saturated rings. The summed E-state index contributed by atoms with van der Waals surface area (Å²) in [6.45, 7) is 12.4. The summed E-state index contributed by atoms with van der Waals surface area (Å²) in [5.41, 5.74) is 6.85. The van der Waals surface area contributed by atoms with Crippen molar-refractivity contribution in [3.8, 4) is 0 Å². The fourth-order valence-corrected chi connectivity index (χ4v) is 7.26. The van der Waals surface area contributed by atoms with Crippen molar-refractivity contribution in [2.24, 2.45) is 0 Å². The van der Waals surface area contributed by atoms with Crippen molar-refractivity contribution in [2.45, 2.75) is 97.7 Å². The van der Waals surface area contributed by atoms with E-state index in [9.17, 15) is 9.59 Å². The lowest BCUT2D eigenvalue weighted by Gasteiger charge is -2.34. The van der Waals surface area contributed by atoms with Crippen LogP contribution >= 0.6 is 0 Å². The van der Waals surface area contributed by atoms with Crippen molar-refractivity contribution in [3.63, 3.8) is 0 Å². The van der Waals surface area contributed by atoms with Gasteiger partial charge in [-0.25, -0.2) is 0 Å². The maximum absolute atomic E-state index is 13.4. The Morgan fingerprint density at radius 2 is 0.915 bits per heavy atom. The lowest BCUT2D eigenvalue weighted by molar-refractivity contribution is -0.174. The molecule has 0 saturated carbocycles. The molecular formula is C41H46N2O4. The van der Waals surface area contributed by atoms with Gasteiger partial charge in [-0.1, -0.05) is 77.9 Å². The van der Waals surface area contributed by atoms with E-state index in [4.69, 9.17) is 9.47 Å². The summed E-state index contributed by atoms with van der Waals surface area (Å²) in [5, 5.41) is 4.66. The number of aromatic amines is 2. The number of fused-ring (bicyclic) bond motifs is 6. The average Bonchev–Trinajstić information content (AvgIpc) is 3.65. The first-order valence-electron chi connectivity index (χ1n) is 17.2. The van der Waals surface area contributed by atoms with Gasteiger partial charge in [0.2, 0.25) is 0 Å². The third kappa shape index (κ3) is 5.79. The first kappa shape index (κ1) is 32.4. The Kier molecular flexibility index (Phi) is 8.88. The highest BCUT2D eigenvalue weighted by molar-refractivity contribution is 6.08. The van der Waals surface area contributed by atoms with Crippen LogP contribution in [0.5, 0.6) is 0 Å². The van der Waals surface area contributed by atoms with E-state index < -0.39 is 29.6 Å². The number of aryl methyl sites for hydroxylation is 2. The topological polar surface area (TPSA) is 84.2 Å². The zero-order valence-corrected chi connectivity index (χ0v) is 28.5. The molecule has 2 aromatic heterocycles. The largest absolute Gasteiger partial charge is 0.454 e. The van der Waals surface area contributed by atoms with E-state index in [0.717, 1.165) is 56.8 Å². The Balaban J connectivity index is 1.22. The molecule has 0 radical (unpaired) electrons. The van der Waals surface area contributed by atoms with E-state index in [2.05, 4.69) is 96.6 Å². The molecule has 2 N–H and O–H groups in total. The zero-order chi connectivity index (χ0) is 33.3. The van der Waals surface area contributed by atoms with Crippen LogP contribution in [0.15, 0.2) is 72.8 Å². The predicted molar refractivity (Wildman–Crippen MR) is 192 cm³/mol. The Labute approximate surface area is 276 Å². The molecule has 2 heterocycles. The van der Waals surface area contributed by atoms with Crippen molar-refractivity contribution < 1.29 is 19.1 Å². The SMILES string of the molecule is CCc1ccc2[nH]c3cc(C(CC)(CC)OC(=O)CC(=O)OC(CC)(CC)c4ccc5c(c4)[nH]c4ccc(CC)cc45)ccc3c2c1. The molecule has 6 rings (SSSR count). The highest BCUT2D eigenvalue weighted by Crippen LogP contribution is 2.39. The van der Waals surface area contributed by atoms with Crippen LogP contribution in [-0.2, 0) is 43.1 Å². The van der Waals surface area contributed by atoms with Crippen molar-refractivity contribution in [3.05, 3.63) is 95.1 Å². The Bertz CT molecular complexity index is 1940. The molecule has 0 aliphatic carbocycles. The standard InChI is InChI=1S/C41H46N2O4/c1-7-26-13-19-34-32(21-26)30-17-15-28(23-36(30)42-34)40(9-3,10-4)46-38(44)25-39(45)47-41(11-5,12-6)29-16-18-31-33-22-27(8-2)14-20-35(33)43-37(31)24-29/h13-24,42-43H,7-12,25H2,1-6H3. The number of benzene rings is 4. The number of nitrogens with one attached hydrogen (secondary N) is 2. The van der Waals surface area contributed by atoms with E-state index in [1.54, 1.807) is 0 Å². The monoisotopic (exact) mass is 630 g/mol. The van der Waals surface area contributed by atoms with Crippen LogP contribution in [0, 0.1) is 0 Å². The molecule has 0 saturated heterocycles. The number of carbonyl (C=O) groups excluding carboxylic acids is 2. The molecule has 4 aromatic carbocycles. The van der Waals surface area contributed by atoms with Crippen LogP contribution in [0.25, 0.3) is 43.6 Å². The van der Waals surface area contributed by atoms with Gasteiger partial charge in [-0.3, -0.25) is 9.59 Å². The summed E-state index contributed by atoms with van der Waals surface area (Å²) in [4.78, 5) is 33.9. The van der Waals surface area contributed by atoms with E-state index in [0.29, 0.717) is 25.7 Å². The van der Waals surface area contributed by atoms with Gasteiger partial charge in [0.25, 0.3) is 0 Å². The molecule has 6 aromatic rings. The zero-order valence-electron chi connectivity index (χ0n) is 28.5. The van der Waals surface area contributed by atoms with Crippen LogP contribution < -0.4 is 0 Å². The van der Waals surface area contributed by atoms with Gasteiger partial charge in [0.05, 0.1) is 0 Å². The normalized spacial score (nSPS) is 12.4. The van der Waals surface area contributed by atoms with Crippen molar-refractivity contribution >= 4 is 55.6 Å². The van der Waals surface area contributed by atoms with Crippen molar-refractivity contribution in [2.75, 3.05) is 0 Å². The number of aromatic nitrogens is 2. The molecule has 0 bridgehead atoms. The van der Waals surface area contributed by atoms with Crippen LogP contribution in [0.3, 0.4) is 0 Å². The first-order chi connectivity index (χ1) is 22.7. The summed E-state index contributed by atoms with van der Waals surface area (Å²) in [6.07, 6.45) is 3.81. The molecule has 6 heteroatoms. The quantitative estimate of drug-likeness (QED) is 0.104. The highest BCUT2D eigenvalue weighted by atomic mass is 16.6. The van der Waals surface area contributed by atoms with Gasteiger partial charge >= 0.3 is 11.9 Å². The van der Waals surface area contributed by atoms with Gasteiger partial charge in [-0.05, 0) is 97.2 Å². The molecule has 6 nitrogen and oxygen atoms in total. The van der Waals surface area contributed by atoms with Crippen molar-refractivity contribution in [1.82, 2.24) is 9.97 Å². The second-order valence-corrected chi connectivity index (χ2v) is 12.8. The molecule has 0 spiro atoms. The van der Waals surface area contributed by atoms with E-state index in [1.165, 1.54) is 21.9 Å². The molecule has 0 atom stereocenters. The van der Waals surface area contributed by atoms with Gasteiger partial charge in [-0.2, -0.15) is 0 Å². The minimum atomic E-state index is -0.859.